The molecule has 1 aliphatic rings. The fraction of sp³-hybridized carbons (Fsp3) is 0.250. The number of aliphatic hydroxyl groups is 1. The largest absolute Gasteiger partial charge is 0.389 e. The highest BCUT2D eigenvalue weighted by atomic mass is 16.3. The Kier molecular flexibility index (Phi) is 2.49. The summed E-state index contributed by atoms with van der Waals surface area (Å²) in [6.45, 7) is 1.84. The third kappa shape index (κ3) is 1.67. The highest BCUT2D eigenvalue weighted by Gasteiger charge is 2.19. The van der Waals surface area contributed by atoms with Crippen LogP contribution in [0, 0.1) is 0 Å². The maximum Gasteiger partial charge on any atom is 0.0764 e. The molecular formula is C16H16O. The minimum absolute atomic E-state index is 0.379. The van der Waals surface area contributed by atoms with Gasteiger partial charge < -0.3 is 5.11 Å². The number of hydrogen-bond donors (Lipinski definition) is 1. The van der Waals surface area contributed by atoms with Crippen LogP contribution in [0.4, 0.5) is 0 Å². The van der Waals surface area contributed by atoms with Crippen LogP contribution in [0.5, 0.6) is 0 Å². The maximum atomic E-state index is 9.83. The molecule has 1 heteroatoms. The first-order valence-electron chi connectivity index (χ1n) is 6.15. The van der Waals surface area contributed by atoms with Gasteiger partial charge in [-0.1, -0.05) is 42.5 Å². The number of hydrogen-bond acceptors (Lipinski definition) is 1. The molecule has 1 aliphatic carbocycles. The van der Waals surface area contributed by atoms with E-state index in [1.807, 2.05) is 19.1 Å². The molecule has 1 unspecified atom stereocenters. The zero-order chi connectivity index (χ0) is 11.8. The number of fused-ring (bicyclic) bond motifs is 3. The second-order valence-electron chi connectivity index (χ2n) is 4.71. The van der Waals surface area contributed by atoms with Crippen molar-refractivity contribution in [3.63, 3.8) is 0 Å². The Balaban J connectivity index is 2.24. The van der Waals surface area contributed by atoms with Crippen molar-refractivity contribution in [1.82, 2.24) is 0 Å². The van der Waals surface area contributed by atoms with Gasteiger partial charge in [-0.25, -0.2) is 0 Å². The van der Waals surface area contributed by atoms with Crippen LogP contribution in [0.15, 0.2) is 42.5 Å². The molecule has 2 aromatic rings. The Bertz CT molecular complexity index is 555. The molecule has 0 aromatic heterocycles. The van der Waals surface area contributed by atoms with Crippen molar-refractivity contribution in [3.05, 3.63) is 59.2 Å². The average Bonchev–Trinajstić information content (AvgIpc) is 2.37. The molecule has 1 N–H and O–H groups in total. The molecule has 0 radical (unpaired) electrons. The quantitative estimate of drug-likeness (QED) is 0.786. The Labute approximate surface area is 102 Å². The van der Waals surface area contributed by atoms with E-state index < -0.39 is 0 Å². The highest BCUT2D eigenvalue weighted by Crippen LogP contribution is 2.36. The summed E-state index contributed by atoms with van der Waals surface area (Å²) in [5.41, 5.74) is 6.45. The molecule has 0 fully saturated rings. The van der Waals surface area contributed by atoms with E-state index in [4.69, 9.17) is 0 Å². The number of aliphatic hydroxyl groups excluding tert-OH is 1. The summed E-state index contributed by atoms with van der Waals surface area (Å²) in [6.07, 6.45) is 1.73. The van der Waals surface area contributed by atoms with E-state index in [9.17, 15) is 5.11 Å². The summed E-state index contributed by atoms with van der Waals surface area (Å²) in [5, 5.41) is 9.83. The Morgan fingerprint density at radius 3 is 2.53 bits per heavy atom. The Hall–Kier alpha value is -1.60. The lowest BCUT2D eigenvalue weighted by Gasteiger charge is -2.23. The van der Waals surface area contributed by atoms with Gasteiger partial charge in [0.25, 0.3) is 0 Å². The van der Waals surface area contributed by atoms with Crippen molar-refractivity contribution >= 4 is 0 Å². The van der Waals surface area contributed by atoms with Crippen LogP contribution in [0.2, 0.25) is 0 Å². The zero-order valence-corrected chi connectivity index (χ0v) is 9.98. The van der Waals surface area contributed by atoms with Crippen LogP contribution in [0.1, 0.15) is 29.7 Å². The normalized spacial score (nSPS) is 14.9. The number of rotatable bonds is 1. The van der Waals surface area contributed by atoms with Gasteiger partial charge in [-0.3, -0.25) is 0 Å². The summed E-state index contributed by atoms with van der Waals surface area (Å²) in [4.78, 5) is 0. The van der Waals surface area contributed by atoms with Crippen molar-refractivity contribution in [1.29, 1.82) is 0 Å². The molecule has 86 valence electrons. The van der Waals surface area contributed by atoms with Gasteiger partial charge in [-0.15, -0.1) is 0 Å². The van der Waals surface area contributed by atoms with E-state index in [1.165, 1.54) is 22.3 Å². The van der Waals surface area contributed by atoms with Crippen LogP contribution in [0.25, 0.3) is 11.1 Å². The summed E-state index contributed by atoms with van der Waals surface area (Å²) < 4.78 is 0. The molecule has 17 heavy (non-hydrogen) atoms. The van der Waals surface area contributed by atoms with E-state index >= 15 is 0 Å². The van der Waals surface area contributed by atoms with Crippen molar-refractivity contribution < 1.29 is 5.11 Å². The van der Waals surface area contributed by atoms with Gasteiger partial charge in [0, 0.05) is 0 Å². The monoisotopic (exact) mass is 224 g/mol. The Morgan fingerprint density at radius 1 is 0.941 bits per heavy atom. The van der Waals surface area contributed by atoms with Crippen molar-refractivity contribution in [3.8, 4) is 11.1 Å². The molecule has 0 saturated heterocycles. The molecule has 0 aliphatic heterocycles. The minimum atomic E-state index is -0.379. The minimum Gasteiger partial charge on any atom is -0.389 e. The molecule has 2 aromatic carbocycles. The summed E-state index contributed by atoms with van der Waals surface area (Å²) in [5.74, 6) is 0. The maximum absolute atomic E-state index is 9.83. The molecule has 1 nitrogen and oxygen atoms in total. The number of aryl methyl sites for hydroxylation is 1. The Morgan fingerprint density at radius 2 is 1.71 bits per heavy atom. The van der Waals surface area contributed by atoms with Gasteiger partial charge >= 0.3 is 0 Å². The third-order valence-corrected chi connectivity index (χ3v) is 3.61. The molecule has 0 heterocycles. The number of benzene rings is 2. The molecular weight excluding hydrogens is 208 g/mol. The summed E-state index contributed by atoms with van der Waals surface area (Å²) >= 11 is 0. The van der Waals surface area contributed by atoms with Crippen molar-refractivity contribution in [2.45, 2.75) is 25.9 Å². The predicted octanol–water partition coefficient (Wildman–Crippen LogP) is 3.51. The fourth-order valence-corrected chi connectivity index (χ4v) is 2.79. The van der Waals surface area contributed by atoms with Gasteiger partial charge in [0.05, 0.1) is 6.10 Å². The van der Waals surface area contributed by atoms with E-state index in [0.29, 0.717) is 0 Å². The van der Waals surface area contributed by atoms with Gasteiger partial charge in [0.1, 0.15) is 0 Å². The molecule has 0 saturated carbocycles. The highest BCUT2D eigenvalue weighted by molar-refractivity contribution is 5.74. The summed E-state index contributed by atoms with van der Waals surface area (Å²) in [6, 6.07) is 14.8. The lowest BCUT2D eigenvalue weighted by molar-refractivity contribution is 0.198. The molecule has 3 rings (SSSR count). The first kappa shape index (κ1) is 10.5. The second kappa shape index (κ2) is 4.01. The summed E-state index contributed by atoms with van der Waals surface area (Å²) in [7, 11) is 0. The fourth-order valence-electron chi connectivity index (χ4n) is 2.79. The van der Waals surface area contributed by atoms with E-state index in [-0.39, 0.29) is 6.10 Å². The van der Waals surface area contributed by atoms with Gasteiger partial charge in [0.2, 0.25) is 0 Å². The molecule has 1 atom stereocenters. The van der Waals surface area contributed by atoms with Crippen LogP contribution < -0.4 is 0 Å². The SMILES string of the molecule is CC(O)c1cccc2c1CCc1ccccc1-2. The van der Waals surface area contributed by atoms with Crippen LogP contribution in [-0.4, -0.2) is 5.11 Å². The predicted molar refractivity (Wildman–Crippen MR) is 69.9 cm³/mol. The van der Waals surface area contributed by atoms with Gasteiger partial charge in [0.15, 0.2) is 0 Å². The van der Waals surface area contributed by atoms with E-state index in [2.05, 4.69) is 30.3 Å². The molecule has 0 spiro atoms. The van der Waals surface area contributed by atoms with Gasteiger partial charge in [-0.2, -0.15) is 0 Å². The first-order chi connectivity index (χ1) is 8.27. The topological polar surface area (TPSA) is 20.2 Å². The lowest BCUT2D eigenvalue weighted by Crippen LogP contribution is -2.08. The van der Waals surface area contributed by atoms with E-state index in [1.54, 1.807) is 0 Å². The van der Waals surface area contributed by atoms with Crippen molar-refractivity contribution in [2.75, 3.05) is 0 Å². The van der Waals surface area contributed by atoms with E-state index in [0.717, 1.165) is 18.4 Å². The average molecular weight is 224 g/mol. The van der Waals surface area contributed by atoms with Crippen LogP contribution in [0.3, 0.4) is 0 Å². The molecule has 0 bridgehead atoms. The second-order valence-corrected chi connectivity index (χ2v) is 4.71. The van der Waals surface area contributed by atoms with Crippen LogP contribution in [-0.2, 0) is 12.8 Å². The van der Waals surface area contributed by atoms with Crippen molar-refractivity contribution in [2.24, 2.45) is 0 Å². The molecule has 0 amide bonds. The standard InChI is InChI=1S/C16H16O/c1-11(17)13-7-4-8-15-14-6-3-2-5-12(14)9-10-16(13)15/h2-8,11,17H,9-10H2,1H3. The lowest BCUT2D eigenvalue weighted by atomic mass is 9.82. The first-order valence-corrected chi connectivity index (χ1v) is 6.15. The zero-order valence-electron chi connectivity index (χ0n) is 9.98. The van der Waals surface area contributed by atoms with Gasteiger partial charge in [-0.05, 0) is 47.6 Å². The smallest absolute Gasteiger partial charge is 0.0764 e. The van der Waals surface area contributed by atoms with Crippen LogP contribution >= 0.6 is 0 Å². The third-order valence-electron chi connectivity index (χ3n) is 3.61.